The number of imidazole rings is 1. The maximum atomic E-state index is 13.3. The Morgan fingerprint density at radius 1 is 1.22 bits per heavy atom. The second kappa shape index (κ2) is 8.24. The van der Waals surface area contributed by atoms with Crippen LogP contribution in [0.15, 0.2) is 18.2 Å². The fourth-order valence-corrected chi connectivity index (χ4v) is 6.67. The Kier molecular flexibility index (Phi) is 5.55. The standard InChI is InChI=1S/C23H33N5O3S/c1-4-31-17-5-6-18-19(11-17)25-21(24-18)28-14-16-12-23(2,3)20(28)15-27(13-16)22(29)26-7-9-32(30)10-8-26/h5-6,11,16,20H,4,7-10,12-15H2,1-3H3,(H,24,25). The summed E-state index contributed by atoms with van der Waals surface area (Å²) in [6, 6.07) is 6.24. The minimum absolute atomic E-state index is 0.0663. The maximum absolute atomic E-state index is 13.3. The van der Waals surface area contributed by atoms with Crippen molar-refractivity contribution in [3.8, 4) is 5.75 Å². The van der Waals surface area contributed by atoms with Gasteiger partial charge in [0.25, 0.3) is 0 Å². The first-order chi connectivity index (χ1) is 15.3. The van der Waals surface area contributed by atoms with Crippen molar-refractivity contribution in [1.82, 2.24) is 19.8 Å². The third-order valence-corrected chi connectivity index (χ3v) is 8.44. The van der Waals surface area contributed by atoms with Crippen molar-refractivity contribution in [2.24, 2.45) is 11.3 Å². The van der Waals surface area contributed by atoms with E-state index in [0.29, 0.717) is 43.7 Å². The molecule has 6 rings (SSSR count). The number of aromatic nitrogens is 2. The number of piperidine rings is 1. The van der Waals surface area contributed by atoms with Gasteiger partial charge in [-0.1, -0.05) is 13.8 Å². The van der Waals surface area contributed by atoms with Gasteiger partial charge in [0, 0.05) is 61.1 Å². The average molecular weight is 460 g/mol. The monoisotopic (exact) mass is 459 g/mol. The highest BCUT2D eigenvalue weighted by Crippen LogP contribution is 2.43. The molecule has 9 heteroatoms. The average Bonchev–Trinajstić information content (AvgIpc) is 3.01. The first-order valence-corrected chi connectivity index (χ1v) is 13.1. The van der Waals surface area contributed by atoms with Crippen molar-refractivity contribution in [3.05, 3.63) is 18.2 Å². The number of anilines is 1. The van der Waals surface area contributed by atoms with Gasteiger partial charge in [0.1, 0.15) is 5.75 Å². The van der Waals surface area contributed by atoms with E-state index in [2.05, 4.69) is 23.7 Å². The fraction of sp³-hybridized carbons (Fsp3) is 0.652. The normalized spacial score (nSPS) is 25.9. The van der Waals surface area contributed by atoms with Crippen molar-refractivity contribution < 1.29 is 13.7 Å². The quantitative estimate of drug-likeness (QED) is 0.763. The van der Waals surface area contributed by atoms with E-state index in [1.807, 2.05) is 34.9 Å². The van der Waals surface area contributed by atoms with Gasteiger partial charge in [-0.3, -0.25) is 4.21 Å². The number of amides is 2. The molecule has 4 fully saturated rings. The number of hydrogen-bond acceptors (Lipinski definition) is 5. The zero-order valence-electron chi connectivity index (χ0n) is 19.2. The van der Waals surface area contributed by atoms with E-state index in [-0.39, 0.29) is 17.5 Å². The molecule has 4 aliphatic rings. The van der Waals surface area contributed by atoms with E-state index in [1.54, 1.807) is 0 Å². The number of hydrogen-bond donors (Lipinski definition) is 1. The Balaban J connectivity index is 1.41. The van der Waals surface area contributed by atoms with Gasteiger partial charge in [-0.05, 0) is 36.8 Å². The predicted octanol–water partition coefficient (Wildman–Crippen LogP) is 2.68. The number of carbonyl (C=O) groups excluding carboxylic acids is 1. The number of benzene rings is 1. The minimum Gasteiger partial charge on any atom is -0.494 e. The first-order valence-electron chi connectivity index (χ1n) is 11.6. The van der Waals surface area contributed by atoms with Crippen LogP contribution in [-0.4, -0.2) is 86.9 Å². The third kappa shape index (κ3) is 3.95. The van der Waals surface area contributed by atoms with Crippen molar-refractivity contribution in [2.45, 2.75) is 33.2 Å². The van der Waals surface area contributed by atoms with Gasteiger partial charge in [-0.25, -0.2) is 9.78 Å². The topological polar surface area (TPSA) is 81.8 Å². The number of rotatable bonds is 3. The fourth-order valence-electron chi connectivity index (χ4n) is 5.62. The van der Waals surface area contributed by atoms with Crippen LogP contribution in [0.2, 0.25) is 0 Å². The molecule has 2 aromatic rings. The molecular weight excluding hydrogens is 426 g/mol. The van der Waals surface area contributed by atoms with E-state index < -0.39 is 10.8 Å². The van der Waals surface area contributed by atoms with Gasteiger partial charge in [-0.2, -0.15) is 0 Å². The Hall–Kier alpha value is -2.29. The zero-order chi connectivity index (χ0) is 22.5. The van der Waals surface area contributed by atoms with Crippen LogP contribution in [0, 0.1) is 11.3 Å². The van der Waals surface area contributed by atoms with Gasteiger partial charge in [0.05, 0.1) is 23.7 Å². The molecule has 0 radical (unpaired) electrons. The maximum Gasteiger partial charge on any atom is 0.320 e. The summed E-state index contributed by atoms with van der Waals surface area (Å²) in [7, 11) is -0.784. The van der Waals surface area contributed by atoms with Crippen molar-refractivity contribution in [3.63, 3.8) is 0 Å². The molecule has 1 aromatic heterocycles. The van der Waals surface area contributed by atoms with Gasteiger partial charge < -0.3 is 24.4 Å². The molecule has 0 aliphatic carbocycles. The van der Waals surface area contributed by atoms with Gasteiger partial charge in [-0.15, -0.1) is 0 Å². The molecule has 1 N–H and O–H groups in total. The summed E-state index contributed by atoms with van der Waals surface area (Å²) < 4.78 is 17.4. The largest absolute Gasteiger partial charge is 0.494 e. The predicted molar refractivity (Wildman–Crippen MR) is 127 cm³/mol. The second-order valence-electron chi connectivity index (χ2n) is 9.92. The van der Waals surface area contributed by atoms with Crippen LogP contribution >= 0.6 is 0 Å². The van der Waals surface area contributed by atoms with Crippen LogP contribution in [-0.2, 0) is 10.8 Å². The van der Waals surface area contributed by atoms with Crippen molar-refractivity contribution in [2.75, 3.05) is 55.7 Å². The molecule has 5 heterocycles. The summed E-state index contributed by atoms with van der Waals surface area (Å²) in [6.07, 6.45) is 1.09. The third-order valence-electron chi connectivity index (χ3n) is 7.16. The summed E-state index contributed by atoms with van der Waals surface area (Å²) in [5.74, 6) is 3.28. The van der Waals surface area contributed by atoms with Crippen LogP contribution in [0.5, 0.6) is 5.75 Å². The SMILES string of the molecule is CCOc1ccc2nc(N3CC4CN(C(=O)N5CCS(=O)CC5)CC3C(C)(C)C4)[nH]c2c1. The summed E-state index contributed by atoms with van der Waals surface area (Å²) in [5.41, 5.74) is 1.96. The summed E-state index contributed by atoms with van der Waals surface area (Å²) in [5, 5.41) is 0. The molecule has 2 bridgehead atoms. The molecule has 2 atom stereocenters. The Morgan fingerprint density at radius 3 is 2.75 bits per heavy atom. The molecule has 2 unspecified atom stereocenters. The number of ether oxygens (including phenoxy) is 1. The van der Waals surface area contributed by atoms with Crippen LogP contribution in [0.3, 0.4) is 0 Å². The van der Waals surface area contributed by atoms with Crippen LogP contribution in [0.1, 0.15) is 27.2 Å². The summed E-state index contributed by atoms with van der Waals surface area (Å²) in [6.45, 7) is 10.8. The molecular formula is C23H33N5O3S. The van der Waals surface area contributed by atoms with Gasteiger partial charge in [0.2, 0.25) is 5.95 Å². The molecule has 174 valence electrons. The smallest absolute Gasteiger partial charge is 0.320 e. The number of carbonyl (C=O) groups is 1. The lowest BCUT2D eigenvalue weighted by atomic mass is 9.73. The molecule has 4 saturated heterocycles. The highest BCUT2D eigenvalue weighted by atomic mass is 32.2. The van der Waals surface area contributed by atoms with E-state index in [9.17, 15) is 9.00 Å². The van der Waals surface area contributed by atoms with E-state index >= 15 is 0 Å². The van der Waals surface area contributed by atoms with Crippen LogP contribution in [0.4, 0.5) is 10.7 Å². The first kappa shape index (κ1) is 21.6. The Morgan fingerprint density at radius 2 is 2.00 bits per heavy atom. The summed E-state index contributed by atoms with van der Waals surface area (Å²) >= 11 is 0. The van der Waals surface area contributed by atoms with Gasteiger partial charge in [0.15, 0.2) is 0 Å². The van der Waals surface area contributed by atoms with Gasteiger partial charge >= 0.3 is 6.03 Å². The number of H-pyrrole nitrogens is 1. The molecule has 0 spiro atoms. The number of fused-ring (bicyclic) bond motifs is 5. The Bertz CT molecular complexity index is 1030. The van der Waals surface area contributed by atoms with E-state index in [1.165, 1.54) is 0 Å². The lowest BCUT2D eigenvalue weighted by Gasteiger charge is -2.47. The highest BCUT2D eigenvalue weighted by Gasteiger charge is 2.48. The number of urea groups is 1. The van der Waals surface area contributed by atoms with Crippen molar-refractivity contribution >= 4 is 33.8 Å². The number of aromatic amines is 1. The van der Waals surface area contributed by atoms with Crippen LogP contribution in [0.25, 0.3) is 11.0 Å². The lowest BCUT2D eigenvalue weighted by Crippen LogP contribution is -2.55. The molecule has 0 saturated carbocycles. The number of nitrogens with zero attached hydrogens (tertiary/aromatic N) is 4. The lowest BCUT2D eigenvalue weighted by molar-refractivity contribution is 0.153. The molecule has 2 amide bonds. The molecule has 4 aliphatic heterocycles. The molecule has 8 nitrogen and oxygen atoms in total. The Labute approximate surface area is 191 Å². The minimum atomic E-state index is -0.784. The highest BCUT2D eigenvalue weighted by molar-refractivity contribution is 7.85. The molecule has 32 heavy (non-hydrogen) atoms. The van der Waals surface area contributed by atoms with Crippen LogP contribution < -0.4 is 9.64 Å². The molecule has 1 aromatic carbocycles. The zero-order valence-corrected chi connectivity index (χ0v) is 20.0. The number of nitrogens with one attached hydrogen (secondary N) is 1. The van der Waals surface area contributed by atoms with E-state index in [4.69, 9.17) is 9.72 Å². The van der Waals surface area contributed by atoms with Crippen molar-refractivity contribution in [1.29, 1.82) is 0 Å². The summed E-state index contributed by atoms with van der Waals surface area (Å²) in [4.78, 5) is 28.0. The second-order valence-corrected chi connectivity index (χ2v) is 11.6. The van der Waals surface area contributed by atoms with E-state index in [0.717, 1.165) is 42.2 Å².